The maximum Gasteiger partial charge on any atom is 0.266 e. The van der Waals surface area contributed by atoms with Crippen LogP contribution in [0.1, 0.15) is 64.2 Å². The first-order chi connectivity index (χ1) is 18.1. The summed E-state index contributed by atoms with van der Waals surface area (Å²) in [6.45, 7) is 3.80. The molecule has 9 heteroatoms. The van der Waals surface area contributed by atoms with E-state index in [1.807, 2.05) is 55.6 Å². The molecule has 0 aliphatic carbocycles. The Labute approximate surface area is 227 Å². The molecule has 2 atom stereocenters. The lowest BCUT2D eigenvalue weighted by molar-refractivity contribution is 0.0956. The lowest BCUT2D eigenvalue weighted by Crippen LogP contribution is -2.28. The molecule has 1 amide bonds. The average Bonchev–Trinajstić information content (AvgIpc) is 3.28. The molecule has 0 radical (unpaired) electrons. The summed E-state index contributed by atoms with van der Waals surface area (Å²) in [5.74, 6) is -1.37. The monoisotopic (exact) mass is 556 g/mol. The van der Waals surface area contributed by atoms with Gasteiger partial charge < -0.3 is 10.3 Å². The summed E-state index contributed by atoms with van der Waals surface area (Å²) in [7, 11) is -4.16. The fourth-order valence-corrected chi connectivity index (χ4v) is 5.50. The molecule has 0 aliphatic heterocycles. The van der Waals surface area contributed by atoms with E-state index in [0.29, 0.717) is 16.1 Å². The quantitative estimate of drug-likeness (QED) is 0.192. The lowest BCUT2D eigenvalue weighted by atomic mass is 9.75. The average molecular weight is 557 g/mol. The van der Waals surface area contributed by atoms with Gasteiger partial charge >= 0.3 is 0 Å². The number of H-pyrrole nitrogens is 1. The summed E-state index contributed by atoms with van der Waals surface area (Å²) in [6.07, 6.45) is 3.63. The molecular formula is C29H30ClFN2O4S. The second kappa shape index (κ2) is 11.7. The van der Waals surface area contributed by atoms with Crippen LogP contribution in [0.15, 0.2) is 66.9 Å². The molecule has 1 aromatic heterocycles. The van der Waals surface area contributed by atoms with Gasteiger partial charge in [0.05, 0.1) is 11.3 Å². The Morgan fingerprint density at radius 1 is 1.08 bits per heavy atom. The Morgan fingerprint density at radius 2 is 1.74 bits per heavy atom. The minimum Gasteiger partial charge on any atom is -0.358 e. The van der Waals surface area contributed by atoms with E-state index in [1.165, 1.54) is 6.07 Å². The van der Waals surface area contributed by atoms with Crippen molar-refractivity contribution < 1.29 is 22.2 Å². The van der Waals surface area contributed by atoms with E-state index in [9.17, 15) is 17.6 Å². The van der Waals surface area contributed by atoms with Crippen molar-refractivity contribution in [3.05, 3.63) is 106 Å². The number of amides is 1. The molecule has 3 aromatic carbocycles. The molecule has 0 aliphatic rings. The van der Waals surface area contributed by atoms with Crippen LogP contribution in [0, 0.1) is 12.7 Å². The number of carbonyl (C=O) groups excluding carboxylic acids is 1. The molecule has 3 N–H and O–H groups in total. The van der Waals surface area contributed by atoms with E-state index in [2.05, 4.69) is 17.2 Å². The van der Waals surface area contributed by atoms with E-state index in [0.717, 1.165) is 40.5 Å². The first-order valence-corrected chi connectivity index (χ1v) is 14.4. The molecule has 38 heavy (non-hydrogen) atoms. The first kappa shape index (κ1) is 27.8. The van der Waals surface area contributed by atoms with Crippen LogP contribution < -0.4 is 5.32 Å². The number of nitrogens with one attached hydrogen (secondary N) is 2. The Bertz CT molecular complexity index is 1530. The van der Waals surface area contributed by atoms with E-state index >= 15 is 0 Å². The number of carbonyl (C=O) groups is 1. The number of benzene rings is 3. The third kappa shape index (κ3) is 6.43. The highest BCUT2D eigenvalue weighted by Crippen LogP contribution is 2.44. The zero-order valence-electron chi connectivity index (χ0n) is 21.2. The van der Waals surface area contributed by atoms with Crippen molar-refractivity contribution in [3.8, 4) is 0 Å². The smallest absolute Gasteiger partial charge is 0.266 e. The molecule has 0 fully saturated rings. The van der Waals surface area contributed by atoms with Crippen LogP contribution in [-0.4, -0.2) is 36.2 Å². The highest BCUT2D eigenvalue weighted by molar-refractivity contribution is 7.85. The van der Waals surface area contributed by atoms with Gasteiger partial charge in [0.1, 0.15) is 5.82 Å². The summed E-state index contributed by atoms with van der Waals surface area (Å²) >= 11 is 6.20. The van der Waals surface area contributed by atoms with Crippen LogP contribution in [0.25, 0.3) is 10.9 Å². The van der Waals surface area contributed by atoms with E-state index in [4.69, 9.17) is 16.2 Å². The minimum absolute atomic E-state index is 0.0143. The predicted molar refractivity (Wildman–Crippen MR) is 149 cm³/mol. The Morgan fingerprint density at radius 3 is 2.37 bits per heavy atom. The fourth-order valence-electron chi connectivity index (χ4n) is 5.01. The zero-order valence-corrected chi connectivity index (χ0v) is 22.7. The van der Waals surface area contributed by atoms with Crippen molar-refractivity contribution in [1.82, 2.24) is 10.3 Å². The van der Waals surface area contributed by atoms with E-state index in [-0.39, 0.29) is 24.2 Å². The van der Waals surface area contributed by atoms with Gasteiger partial charge in [-0.2, -0.15) is 8.42 Å². The molecule has 1 heterocycles. The van der Waals surface area contributed by atoms with Crippen LogP contribution in [0.2, 0.25) is 5.02 Å². The van der Waals surface area contributed by atoms with Gasteiger partial charge in [-0.3, -0.25) is 9.35 Å². The number of rotatable bonds is 10. The summed E-state index contributed by atoms with van der Waals surface area (Å²) in [6, 6.07) is 18.4. The number of aromatic amines is 1. The van der Waals surface area contributed by atoms with Gasteiger partial charge in [0, 0.05) is 34.6 Å². The molecule has 200 valence electrons. The van der Waals surface area contributed by atoms with Crippen LogP contribution in [0.4, 0.5) is 4.39 Å². The normalized spacial score (nSPS) is 13.4. The van der Waals surface area contributed by atoms with E-state index in [1.54, 1.807) is 12.1 Å². The molecule has 0 saturated carbocycles. The van der Waals surface area contributed by atoms with Crippen LogP contribution >= 0.6 is 11.6 Å². The van der Waals surface area contributed by atoms with Crippen molar-refractivity contribution in [2.75, 3.05) is 12.3 Å². The lowest BCUT2D eigenvalue weighted by Gasteiger charge is -2.28. The SMILES string of the molecule is CCC[C@H](c1ccc(C(=O)NCCS(=O)(=O)O)cc1)[C@H](c1ccc(Cl)cc1)c1c[nH]c2c(F)cc(C)cc12. The van der Waals surface area contributed by atoms with E-state index < -0.39 is 21.8 Å². The summed E-state index contributed by atoms with van der Waals surface area (Å²) in [4.78, 5) is 15.6. The van der Waals surface area contributed by atoms with Gasteiger partial charge in [0.2, 0.25) is 0 Å². The number of halogens is 2. The highest BCUT2D eigenvalue weighted by atomic mass is 35.5. The van der Waals surface area contributed by atoms with Crippen molar-refractivity contribution in [2.45, 2.75) is 38.5 Å². The number of hydrogen-bond acceptors (Lipinski definition) is 3. The third-order valence-electron chi connectivity index (χ3n) is 6.73. The number of hydrogen-bond donors (Lipinski definition) is 3. The second-order valence-corrected chi connectivity index (χ2v) is 11.5. The standard InChI is InChI=1S/C29H30ClFN2O4S/c1-3-4-23(19-5-7-21(8-6-19)29(34)32-13-14-38(35,36)37)27(20-9-11-22(30)12-10-20)25-17-33-28-24(25)15-18(2)16-26(28)31/h5-12,15-17,23,27,33H,3-4,13-14H2,1-2H3,(H,32,34)(H,35,36,37)/t23-,27+/m1/s1. The van der Waals surface area contributed by atoms with Crippen LogP contribution in [-0.2, 0) is 10.1 Å². The number of aromatic nitrogens is 1. The minimum atomic E-state index is -4.16. The van der Waals surface area contributed by atoms with Gasteiger partial charge in [-0.1, -0.05) is 49.2 Å². The van der Waals surface area contributed by atoms with Crippen molar-refractivity contribution in [1.29, 1.82) is 0 Å². The predicted octanol–water partition coefficient (Wildman–Crippen LogP) is 6.60. The summed E-state index contributed by atoms with van der Waals surface area (Å²) < 4.78 is 45.5. The number of fused-ring (bicyclic) bond motifs is 1. The third-order valence-corrected chi connectivity index (χ3v) is 7.70. The maximum absolute atomic E-state index is 14.8. The Balaban J connectivity index is 1.74. The molecule has 0 saturated heterocycles. The topological polar surface area (TPSA) is 99.3 Å². The largest absolute Gasteiger partial charge is 0.358 e. The Kier molecular flexibility index (Phi) is 8.55. The zero-order chi connectivity index (χ0) is 27.4. The molecule has 0 bridgehead atoms. The fraction of sp³-hybridized carbons (Fsp3) is 0.276. The second-order valence-electron chi connectivity index (χ2n) is 9.50. The molecule has 0 unspecified atom stereocenters. The molecular weight excluding hydrogens is 527 g/mol. The van der Waals surface area contributed by atoms with Gasteiger partial charge in [0.15, 0.2) is 0 Å². The maximum atomic E-state index is 14.8. The Hall–Kier alpha value is -3.20. The van der Waals surface area contributed by atoms with Gasteiger partial charge in [-0.05, 0) is 77.9 Å². The van der Waals surface area contributed by atoms with Gasteiger partial charge in [-0.15, -0.1) is 0 Å². The first-order valence-electron chi connectivity index (χ1n) is 12.4. The summed E-state index contributed by atoms with van der Waals surface area (Å²) in [5.41, 5.74) is 4.73. The molecule has 0 spiro atoms. The van der Waals surface area contributed by atoms with Crippen molar-refractivity contribution in [2.24, 2.45) is 0 Å². The highest BCUT2D eigenvalue weighted by Gasteiger charge is 2.29. The van der Waals surface area contributed by atoms with Crippen molar-refractivity contribution >= 4 is 38.5 Å². The van der Waals surface area contributed by atoms with Crippen LogP contribution in [0.3, 0.4) is 0 Å². The van der Waals surface area contributed by atoms with Crippen LogP contribution in [0.5, 0.6) is 0 Å². The van der Waals surface area contributed by atoms with Gasteiger partial charge in [-0.25, -0.2) is 4.39 Å². The van der Waals surface area contributed by atoms with Gasteiger partial charge in [0.25, 0.3) is 16.0 Å². The molecule has 6 nitrogen and oxygen atoms in total. The molecule has 4 rings (SSSR count). The number of aryl methyl sites for hydroxylation is 1. The molecule has 4 aromatic rings. The van der Waals surface area contributed by atoms with Crippen molar-refractivity contribution in [3.63, 3.8) is 0 Å². The summed E-state index contributed by atoms with van der Waals surface area (Å²) in [5, 5.41) is 3.97.